The number of carbonyl (C=O) groups is 1. The highest BCUT2D eigenvalue weighted by Gasteiger charge is 2.38. The van der Waals surface area contributed by atoms with Gasteiger partial charge in [-0.25, -0.2) is 0 Å². The molecule has 15 heavy (non-hydrogen) atoms. The van der Waals surface area contributed by atoms with Gasteiger partial charge in [0.1, 0.15) is 5.78 Å². The Bertz CT molecular complexity index is 195. The molecule has 2 nitrogen and oxygen atoms in total. The van der Waals surface area contributed by atoms with Crippen molar-refractivity contribution in [2.75, 3.05) is 13.1 Å². The molecule has 0 saturated carbocycles. The quantitative estimate of drug-likeness (QED) is 0.656. The lowest BCUT2D eigenvalue weighted by atomic mass is 9.78. The Labute approximate surface area is 93.8 Å². The zero-order valence-corrected chi connectivity index (χ0v) is 10.3. The third-order valence-electron chi connectivity index (χ3n) is 3.77. The molecule has 1 N–H and O–H groups in total. The van der Waals surface area contributed by atoms with Crippen molar-refractivity contribution in [1.82, 2.24) is 5.32 Å². The first-order chi connectivity index (χ1) is 7.25. The Kier molecular flexibility index (Phi) is 5.30. The van der Waals surface area contributed by atoms with Gasteiger partial charge in [0, 0.05) is 18.4 Å². The van der Waals surface area contributed by atoms with E-state index in [1.165, 1.54) is 19.3 Å². The van der Waals surface area contributed by atoms with E-state index in [2.05, 4.69) is 19.2 Å². The van der Waals surface area contributed by atoms with E-state index in [-0.39, 0.29) is 5.41 Å². The summed E-state index contributed by atoms with van der Waals surface area (Å²) in [5.74, 6) is 0.506. The number of unbranched alkanes of at least 4 members (excludes halogenated alkanes) is 3. The summed E-state index contributed by atoms with van der Waals surface area (Å²) in [7, 11) is 0. The predicted octanol–water partition coefficient (Wildman–Crippen LogP) is 2.92. The Morgan fingerprint density at radius 2 is 2.07 bits per heavy atom. The molecule has 1 unspecified atom stereocenters. The maximum atomic E-state index is 12.1. The van der Waals surface area contributed by atoms with E-state index in [1.807, 2.05) is 0 Å². The minimum atomic E-state index is -0.00772. The van der Waals surface area contributed by atoms with Gasteiger partial charge in [0.15, 0.2) is 0 Å². The van der Waals surface area contributed by atoms with Crippen LogP contribution in [0.1, 0.15) is 58.8 Å². The first-order valence-electron chi connectivity index (χ1n) is 6.49. The highest BCUT2D eigenvalue weighted by molar-refractivity contribution is 5.85. The molecule has 1 heterocycles. The van der Waals surface area contributed by atoms with Crippen LogP contribution in [0.3, 0.4) is 0 Å². The molecule has 1 aliphatic heterocycles. The van der Waals surface area contributed by atoms with E-state index >= 15 is 0 Å². The second-order valence-electron chi connectivity index (χ2n) is 4.79. The molecule has 0 aromatic carbocycles. The van der Waals surface area contributed by atoms with Crippen molar-refractivity contribution < 1.29 is 4.79 Å². The number of nitrogens with one attached hydrogen (secondary N) is 1. The van der Waals surface area contributed by atoms with E-state index in [0.29, 0.717) is 5.78 Å². The summed E-state index contributed by atoms with van der Waals surface area (Å²) in [5.41, 5.74) is -0.00772. The van der Waals surface area contributed by atoms with Gasteiger partial charge in [0.2, 0.25) is 0 Å². The summed E-state index contributed by atoms with van der Waals surface area (Å²) < 4.78 is 0. The fraction of sp³-hybridized carbons (Fsp3) is 0.923. The fourth-order valence-electron chi connectivity index (χ4n) is 2.46. The molecule has 0 aliphatic carbocycles. The second-order valence-corrected chi connectivity index (χ2v) is 4.79. The van der Waals surface area contributed by atoms with Crippen LogP contribution in [0.2, 0.25) is 0 Å². The van der Waals surface area contributed by atoms with Crippen LogP contribution in [0.4, 0.5) is 0 Å². The zero-order valence-electron chi connectivity index (χ0n) is 10.3. The normalized spacial score (nSPS) is 25.7. The third-order valence-corrected chi connectivity index (χ3v) is 3.77. The molecule has 1 rings (SSSR count). The van der Waals surface area contributed by atoms with Crippen LogP contribution in [0.15, 0.2) is 0 Å². The largest absolute Gasteiger partial charge is 0.316 e. The van der Waals surface area contributed by atoms with Crippen LogP contribution in [0.25, 0.3) is 0 Å². The number of hydrogen-bond acceptors (Lipinski definition) is 2. The maximum Gasteiger partial charge on any atom is 0.140 e. The SMILES string of the molecule is CCCCCCC(=O)C1(CC)CCNC1. The number of Topliss-reactive ketones (excluding diaryl/α,β-unsaturated/α-hetero) is 1. The average Bonchev–Trinajstić information content (AvgIpc) is 2.74. The molecule has 0 aromatic heterocycles. The highest BCUT2D eigenvalue weighted by atomic mass is 16.1. The van der Waals surface area contributed by atoms with Crippen molar-refractivity contribution in [3.05, 3.63) is 0 Å². The Morgan fingerprint density at radius 1 is 1.27 bits per heavy atom. The van der Waals surface area contributed by atoms with Gasteiger partial charge in [-0.2, -0.15) is 0 Å². The summed E-state index contributed by atoms with van der Waals surface area (Å²) in [4.78, 5) is 12.1. The Hall–Kier alpha value is -0.370. The van der Waals surface area contributed by atoms with Crippen LogP contribution in [-0.2, 0) is 4.79 Å². The molecule has 1 fully saturated rings. The van der Waals surface area contributed by atoms with E-state index in [9.17, 15) is 4.79 Å². The van der Waals surface area contributed by atoms with Gasteiger partial charge in [0.05, 0.1) is 0 Å². The number of hydrogen-bond donors (Lipinski definition) is 1. The summed E-state index contributed by atoms with van der Waals surface area (Å²) in [6, 6.07) is 0. The Morgan fingerprint density at radius 3 is 2.60 bits per heavy atom. The van der Waals surface area contributed by atoms with Crippen LogP contribution >= 0.6 is 0 Å². The minimum absolute atomic E-state index is 0.00772. The Balaban J connectivity index is 2.31. The summed E-state index contributed by atoms with van der Waals surface area (Å²) in [5, 5.41) is 3.33. The van der Waals surface area contributed by atoms with Crippen molar-refractivity contribution in [3.63, 3.8) is 0 Å². The molecule has 1 saturated heterocycles. The standard InChI is InChI=1S/C13H25NO/c1-3-5-6-7-8-12(15)13(4-2)9-10-14-11-13/h14H,3-11H2,1-2H3. The number of ketones is 1. The minimum Gasteiger partial charge on any atom is -0.316 e. The first kappa shape index (κ1) is 12.7. The number of carbonyl (C=O) groups excluding carboxylic acids is 1. The van der Waals surface area contributed by atoms with E-state index in [1.54, 1.807) is 0 Å². The van der Waals surface area contributed by atoms with Crippen LogP contribution in [0, 0.1) is 5.41 Å². The van der Waals surface area contributed by atoms with E-state index in [0.717, 1.165) is 38.8 Å². The van der Waals surface area contributed by atoms with E-state index in [4.69, 9.17) is 0 Å². The van der Waals surface area contributed by atoms with E-state index < -0.39 is 0 Å². The van der Waals surface area contributed by atoms with Gasteiger partial charge in [0.25, 0.3) is 0 Å². The summed E-state index contributed by atoms with van der Waals surface area (Å²) in [6.45, 7) is 6.29. The topological polar surface area (TPSA) is 29.1 Å². The molecule has 0 spiro atoms. The van der Waals surface area contributed by atoms with Crippen molar-refractivity contribution in [2.45, 2.75) is 58.8 Å². The fourth-order valence-corrected chi connectivity index (χ4v) is 2.46. The second kappa shape index (κ2) is 6.26. The average molecular weight is 211 g/mol. The van der Waals surface area contributed by atoms with Gasteiger partial charge in [-0.1, -0.05) is 33.1 Å². The molecule has 88 valence electrons. The van der Waals surface area contributed by atoms with Crippen LogP contribution in [0.5, 0.6) is 0 Å². The lowest BCUT2D eigenvalue weighted by Gasteiger charge is -2.24. The van der Waals surface area contributed by atoms with Crippen molar-refractivity contribution in [1.29, 1.82) is 0 Å². The summed E-state index contributed by atoms with van der Waals surface area (Å²) in [6.07, 6.45) is 7.68. The molecule has 0 bridgehead atoms. The summed E-state index contributed by atoms with van der Waals surface area (Å²) >= 11 is 0. The maximum absolute atomic E-state index is 12.1. The van der Waals surface area contributed by atoms with Gasteiger partial charge < -0.3 is 5.32 Å². The molecule has 2 heteroatoms. The van der Waals surface area contributed by atoms with Gasteiger partial charge >= 0.3 is 0 Å². The van der Waals surface area contributed by atoms with Gasteiger partial charge in [-0.3, -0.25) is 4.79 Å². The van der Waals surface area contributed by atoms with Gasteiger partial charge in [-0.05, 0) is 25.8 Å². The molecule has 0 amide bonds. The van der Waals surface area contributed by atoms with Crippen LogP contribution in [-0.4, -0.2) is 18.9 Å². The lowest BCUT2D eigenvalue weighted by molar-refractivity contribution is -0.128. The van der Waals surface area contributed by atoms with Crippen molar-refractivity contribution in [3.8, 4) is 0 Å². The molecule has 1 aliphatic rings. The first-order valence-corrected chi connectivity index (χ1v) is 6.49. The van der Waals surface area contributed by atoms with Gasteiger partial charge in [-0.15, -0.1) is 0 Å². The predicted molar refractivity (Wildman–Crippen MR) is 64.0 cm³/mol. The van der Waals surface area contributed by atoms with Crippen molar-refractivity contribution in [2.24, 2.45) is 5.41 Å². The molecular formula is C13H25NO. The van der Waals surface area contributed by atoms with Crippen LogP contribution < -0.4 is 5.32 Å². The monoisotopic (exact) mass is 211 g/mol. The molecule has 0 radical (unpaired) electrons. The lowest BCUT2D eigenvalue weighted by Crippen LogP contribution is -2.32. The molecular weight excluding hydrogens is 186 g/mol. The smallest absolute Gasteiger partial charge is 0.140 e. The zero-order chi connectivity index (χ0) is 11.1. The van der Waals surface area contributed by atoms with Crippen molar-refractivity contribution >= 4 is 5.78 Å². The molecule has 0 aromatic rings. The third kappa shape index (κ3) is 3.30. The molecule has 1 atom stereocenters. The highest BCUT2D eigenvalue weighted by Crippen LogP contribution is 2.32. The number of rotatable bonds is 7.